The fourth-order valence-electron chi connectivity index (χ4n) is 1.48. The van der Waals surface area contributed by atoms with Crippen LogP contribution < -0.4 is 4.74 Å². The van der Waals surface area contributed by atoms with Gasteiger partial charge < -0.3 is 9.84 Å². The molecule has 1 heterocycles. The molecule has 0 fully saturated rings. The van der Waals surface area contributed by atoms with Crippen LogP contribution in [0, 0.1) is 5.92 Å². The molecular weight excluding hydrogens is 208 g/mol. The fourth-order valence-corrected chi connectivity index (χ4v) is 1.48. The molecule has 0 spiro atoms. The molecule has 0 saturated carbocycles. The van der Waals surface area contributed by atoms with Crippen LogP contribution in [0.25, 0.3) is 0 Å². The number of methoxy groups -OCH3 is 1. The predicted octanol–water partition coefficient (Wildman–Crippen LogP) is 1.70. The normalized spacial score (nSPS) is 12.5. The molecule has 1 unspecified atom stereocenters. The molecular formula is C11H16N2O3. The zero-order valence-corrected chi connectivity index (χ0v) is 9.67. The monoisotopic (exact) mass is 224 g/mol. The highest BCUT2D eigenvalue weighted by Crippen LogP contribution is 2.23. The summed E-state index contributed by atoms with van der Waals surface area (Å²) in [6.07, 6.45) is 1.87. The molecule has 16 heavy (non-hydrogen) atoms. The van der Waals surface area contributed by atoms with Gasteiger partial charge in [-0.25, -0.2) is 9.97 Å². The maximum Gasteiger partial charge on any atom is 0.312 e. The molecule has 0 saturated heterocycles. The number of carbonyl (C=O) groups is 1. The van der Waals surface area contributed by atoms with Gasteiger partial charge in [0.05, 0.1) is 18.7 Å². The lowest BCUT2D eigenvalue weighted by Gasteiger charge is -2.14. The van der Waals surface area contributed by atoms with Crippen LogP contribution in [0.3, 0.4) is 0 Å². The number of carboxylic acid groups (broad SMARTS) is 1. The minimum atomic E-state index is -0.866. The van der Waals surface area contributed by atoms with Crippen LogP contribution in [0.15, 0.2) is 12.4 Å². The Bertz CT molecular complexity index is 366. The molecule has 0 aromatic carbocycles. The zero-order chi connectivity index (χ0) is 12.1. The van der Waals surface area contributed by atoms with Gasteiger partial charge in [-0.2, -0.15) is 0 Å². The third kappa shape index (κ3) is 3.18. The van der Waals surface area contributed by atoms with Crippen molar-refractivity contribution in [1.29, 1.82) is 0 Å². The second-order valence-electron chi connectivity index (χ2n) is 4.01. The lowest BCUT2D eigenvalue weighted by molar-refractivity contribution is -0.139. The topological polar surface area (TPSA) is 72.3 Å². The van der Waals surface area contributed by atoms with Gasteiger partial charge in [0.15, 0.2) is 0 Å². The van der Waals surface area contributed by atoms with Gasteiger partial charge in [0.2, 0.25) is 5.88 Å². The minimum absolute atomic E-state index is 0.294. The number of rotatable bonds is 5. The van der Waals surface area contributed by atoms with Crippen LogP contribution in [-0.2, 0) is 4.79 Å². The summed E-state index contributed by atoms with van der Waals surface area (Å²) in [4.78, 5) is 19.0. The third-order valence-electron chi connectivity index (χ3n) is 2.23. The van der Waals surface area contributed by atoms with Crippen molar-refractivity contribution in [2.75, 3.05) is 7.11 Å². The van der Waals surface area contributed by atoms with E-state index in [0.29, 0.717) is 23.9 Å². The van der Waals surface area contributed by atoms with Gasteiger partial charge in [-0.15, -0.1) is 0 Å². The Hall–Kier alpha value is -1.65. The molecule has 1 aromatic heterocycles. The highest BCUT2D eigenvalue weighted by atomic mass is 16.5. The molecule has 5 heteroatoms. The van der Waals surface area contributed by atoms with Gasteiger partial charge in [0.1, 0.15) is 6.33 Å². The lowest BCUT2D eigenvalue weighted by Crippen LogP contribution is -2.15. The molecule has 88 valence electrons. The molecule has 0 aliphatic heterocycles. The molecule has 0 bridgehead atoms. The van der Waals surface area contributed by atoms with Crippen molar-refractivity contribution in [3.05, 3.63) is 18.1 Å². The Labute approximate surface area is 94.5 Å². The average Bonchev–Trinajstić information content (AvgIpc) is 2.25. The van der Waals surface area contributed by atoms with Crippen molar-refractivity contribution >= 4 is 5.97 Å². The molecule has 0 radical (unpaired) electrons. The molecule has 1 rings (SSSR count). The first-order chi connectivity index (χ1) is 7.54. The smallest absolute Gasteiger partial charge is 0.312 e. The van der Waals surface area contributed by atoms with Crippen LogP contribution in [0.4, 0.5) is 0 Å². The lowest BCUT2D eigenvalue weighted by atomic mass is 9.94. The predicted molar refractivity (Wildman–Crippen MR) is 58.4 cm³/mol. The molecule has 0 aliphatic carbocycles. The Morgan fingerprint density at radius 3 is 2.69 bits per heavy atom. The van der Waals surface area contributed by atoms with E-state index in [2.05, 4.69) is 9.97 Å². The highest BCUT2D eigenvalue weighted by molar-refractivity contribution is 5.75. The summed E-state index contributed by atoms with van der Waals surface area (Å²) in [6.45, 7) is 3.96. The van der Waals surface area contributed by atoms with E-state index in [1.165, 1.54) is 13.4 Å². The largest absolute Gasteiger partial charge is 0.481 e. The Morgan fingerprint density at radius 1 is 1.50 bits per heavy atom. The summed E-state index contributed by atoms with van der Waals surface area (Å²) in [6, 6.07) is 1.57. The number of ether oxygens (including phenoxy) is 1. The molecule has 1 aromatic rings. The van der Waals surface area contributed by atoms with E-state index in [1.807, 2.05) is 13.8 Å². The van der Waals surface area contributed by atoms with E-state index >= 15 is 0 Å². The second-order valence-corrected chi connectivity index (χ2v) is 4.01. The van der Waals surface area contributed by atoms with Crippen molar-refractivity contribution in [2.45, 2.75) is 26.2 Å². The van der Waals surface area contributed by atoms with Crippen molar-refractivity contribution in [3.63, 3.8) is 0 Å². The van der Waals surface area contributed by atoms with Crippen LogP contribution in [0.2, 0.25) is 0 Å². The van der Waals surface area contributed by atoms with Crippen molar-refractivity contribution in [3.8, 4) is 5.88 Å². The van der Waals surface area contributed by atoms with Crippen LogP contribution in [-0.4, -0.2) is 28.2 Å². The molecule has 5 nitrogen and oxygen atoms in total. The van der Waals surface area contributed by atoms with E-state index in [-0.39, 0.29) is 0 Å². The molecule has 1 atom stereocenters. The van der Waals surface area contributed by atoms with Crippen LogP contribution >= 0.6 is 0 Å². The van der Waals surface area contributed by atoms with E-state index in [9.17, 15) is 4.79 Å². The number of aromatic nitrogens is 2. The summed E-state index contributed by atoms with van der Waals surface area (Å²) in [5.74, 6) is -0.784. The van der Waals surface area contributed by atoms with Gasteiger partial charge in [0, 0.05) is 6.07 Å². The van der Waals surface area contributed by atoms with Crippen molar-refractivity contribution in [2.24, 2.45) is 5.92 Å². The number of hydrogen-bond donors (Lipinski definition) is 1. The number of carboxylic acids is 1. The summed E-state index contributed by atoms with van der Waals surface area (Å²) < 4.78 is 4.95. The van der Waals surface area contributed by atoms with E-state index in [1.54, 1.807) is 6.07 Å². The Morgan fingerprint density at radius 2 is 2.19 bits per heavy atom. The molecule has 0 aliphatic rings. The quantitative estimate of drug-likeness (QED) is 0.824. The minimum Gasteiger partial charge on any atom is -0.481 e. The second kappa shape index (κ2) is 5.44. The third-order valence-corrected chi connectivity index (χ3v) is 2.23. The van der Waals surface area contributed by atoms with Gasteiger partial charge >= 0.3 is 5.97 Å². The van der Waals surface area contributed by atoms with Crippen molar-refractivity contribution in [1.82, 2.24) is 9.97 Å². The van der Waals surface area contributed by atoms with Crippen molar-refractivity contribution < 1.29 is 14.6 Å². The fraction of sp³-hybridized carbons (Fsp3) is 0.545. The summed E-state index contributed by atoms with van der Waals surface area (Å²) in [5, 5.41) is 9.14. The van der Waals surface area contributed by atoms with E-state index < -0.39 is 11.9 Å². The zero-order valence-electron chi connectivity index (χ0n) is 9.67. The first-order valence-corrected chi connectivity index (χ1v) is 5.13. The summed E-state index contributed by atoms with van der Waals surface area (Å²) >= 11 is 0. The Kier molecular flexibility index (Phi) is 4.22. The number of nitrogens with zero attached hydrogens (tertiary/aromatic N) is 2. The van der Waals surface area contributed by atoms with Crippen LogP contribution in [0.5, 0.6) is 5.88 Å². The van der Waals surface area contributed by atoms with Crippen LogP contribution in [0.1, 0.15) is 31.9 Å². The highest BCUT2D eigenvalue weighted by Gasteiger charge is 2.23. The first-order valence-electron chi connectivity index (χ1n) is 5.13. The number of hydrogen-bond acceptors (Lipinski definition) is 4. The van der Waals surface area contributed by atoms with E-state index in [0.717, 1.165) is 0 Å². The SMILES string of the molecule is COc1cc(C(CC(C)C)C(=O)O)ncn1. The standard InChI is InChI=1S/C11H16N2O3/c1-7(2)4-8(11(14)15)9-5-10(16-3)13-6-12-9/h5-8H,4H2,1-3H3,(H,14,15). The Balaban J connectivity index is 2.96. The van der Waals surface area contributed by atoms with Gasteiger partial charge in [-0.1, -0.05) is 13.8 Å². The summed E-state index contributed by atoms with van der Waals surface area (Å²) in [5.41, 5.74) is 0.494. The van der Waals surface area contributed by atoms with Gasteiger partial charge in [-0.3, -0.25) is 4.79 Å². The molecule has 0 amide bonds. The maximum absolute atomic E-state index is 11.1. The average molecular weight is 224 g/mol. The van der Waals surface area contributed by atoms with Gasteiger partial charge in [-0.05, 0) is 12.3 Å². The number of aliphatic carboxylic acids is 1. The molecule has 1 N–H and O–H groups in total. The maximum atomic E-state index is 11.1. The van der Waals surface area contributed by atoms with E-state index in [4.69, 9.17) is 9.84 Å². The summed E-state index contributed by atoms with van der Waals surface area (Å²) in [7, 11) is 1.49. The first kappa shape index (κ1) is 12.4. The van der Waals surface area contributed by atoms with Gasteiger partial charge in [0.25, 0.3) is 0 Å².